The van der Waals surface area contributed by atoms with Gasteiger partial charge in [0.1, 0.15) is 36.6 Å². The lowest BCUT2D eigenvalue weighted by Gasteiger charge is -2.60. The highest BCUT2D eigenvalue weighted by molar-refractivity contribution is 6.03. The first-order valence-corrected chi connectivity index (χ1v) is 22.6. The summed E-state index contributed by atoms with van der Waals surface area (Å²) in [6, 6.07) is 21.2. The smallest absolute Gasteiger partial charge is 0.410 e. The van der Waals surface area contributed by atoms with E-state index in [1.54, 1.807) is 29.2 Å². The number of carbonyl (C=O) groups excluding carboxylic acids is 1. The average molecular weight is 855 g/mol. The Labute approximate surface area is 365 Å². The number of fused-ring (bicyclic) bond motifs is 2. The second-order valence-electron chi connectivity index (χ2n) is 16.8. The molecule has 2 N–H and O–H groups in total. The zero-order chi connectivity index (χ0) is 43.3. The number of halogens is 1. The number of carbonyl (C=O) groups is 1. The number of hydrogen-bond donors (Lipinski definition) is 2. The van der Waals surface area contributed by atoms with Gasteiger partial charge in [0, 0.05) is 49.6 Å². The van der Waals surface area contributed by atoms with Crippen molar-refractivity contribution < 1.29 is 47.9 Å². The molecular weight excluding hydrogens is 792 g/mol. The van der Waals surface area contributed by atoms with E-state index in [0.717, 1.165) is 55.2 Å². The maximum absolute atomic E-state index is 14.8. The number of nitrogens with zero attached hydrogens (tertiary/aromatic N) is 2. The van der Waals surface area contributed by atoms with Crippen molar-refractivity contribution in [3.63, 3.8) is 0 Å². The first kappa shape index (κ1) is 45.3. The van der Waals surface area contributed by atoms with Crippen LogP contribution in [-0.4, -0.2) is 78.0 Å². The molecule has 1 unspecified atom stereocenters. The fourth-order valence-corrected chi connectivity index (χ4v) is 9.85. The van der Waals surface area contributed by atoms with E-state index in [1.165, 1.54) is 6.07 Å². The van der Waals surface area contributed by atoms with Gasteiger partial charge in [0.15, 0.2) is 0 Å². The highest BCUT2D eigenvalue weighted by Crippen LogP contribution is 2.62. The Morgan fingerprint density at radius 1 is 1.00 bits per heavy atom. The summed E-state index contributed by atoms with van der Waals surface area (Å²) < 4.78 is 47.6. The summed E-state index contributed by atoms with van der Waals surface area (Å²) in [6.07, 6.45) is 11.1. The van der Waals surface area contributed by atoms with Gasteiger partial charge in [-0.15, -0.1) is 6.58 Å². The summed E-state index contributed by atoms with van der Waals surface area (Å²) in [4.78, 5) is 22.6. The predicted octanol–water partition coefficient (Wildman–Crippen LogP) is 9.61. The topological polar surface area (TPSA) is 129 Å². The van der Waals surface area contributed by atoms with Crippen LogP contribution in [0.15, 0.2) is 102 Å². The van der Waals surface area contributed by atoms with Crippen LogP contribution in [0.2, 0.25) is 0 Å². The Morgan fingerprint density at radius 3 is 2.53 bits per heavy atom. The molecule has 3 aromatic rings. The zero-order valence-electron chi connectivity index (χ0n) is 36.0. The molecule has 62 heavy (non-hydrogen) atoms. The summed E-state index contributed by atoms with van der Waals surface area (Å²) in [6.45, 7) is 7.45. The minimum Gasteiger partial charge on any atom is -0.489 e. The highest BCUT2D eigenvalue weighted by Gasteiger charge is 2.65. The Kier molecular flexibility index (Phi) is 16.1. The Bertz CT molecular complexity index is 1990. The van der Waals surface area contributed by atoms with Crippen molar-refractivity contribution in [3.05, 3.63) is 120 Å². The average Bonchev–Trinajstić information content (AvgIpc) is 3.30. The van der Waals surface area contributed by atoms with Gasteiger partial charge in [0.25, 0.3) is 0 Å². The largest absolute Gasteiger partial charge is 0.489 e. The number of oxime groups is 1. The van der Waals surface area contributed by atoms with Gasteiger partial charge in [0.05, 0.1) is 24.8 Å². The monoisotopic (exact) mass is 854 g/mol. The molecule has 4 aliphatic rings. The van der Waals surface area contributed by atoms with Gasteiger partial charge in [-0.1, -0.05) is 85.6 Å². The Morgan fingerprint density at radius 2 is 1.79 bits per heavy atom. The summed E-state index contributed by atoms with van der Waals surface area (Å²) in [5, 5.41) is 24.8. The van der Waals surface area contributed by atoms with E-state index in [0.29, 0.717) is 61.6 Å². The maximum atomic E-state index is 14.8. The molecule has 2 aliphatic heterocycles. The molecular formula is C50H63FN2O9. The van der Waals surface area contributed by atoms with Crippen LogP contribution in [0.4, 0.5) is 9.18 Å². The van der Waals surface area contributed by atoms with Crippen molar-refractivity contribution in [2.45, 2.75) is 115 Å². The summed E-state index contributed by atoms with van der Waals surface area (Å²) in [5.41, 5.74) is 3.84. The molecule has 0 aromatic heterocycles. The van der Waals surface area contributed by atoms with Gasteiger partial charge >= 0.3 is 6.09 Å². The summed E-state index contributed by atoms with van der Waals surface area (Å²) in [7, 11) is 0. The molecule has 2 aliphatic carbocycles. The molecule has 2 heterocycles. The Hall–Kier alpha value is -4.75. The van der Waals surface area contributed by atoms with E-state index in [2.05, 4.69) is 12.7 Å². The van der Waals surface area contributed by atoms with Crippen LogP contribution in [0, 0.1) is 23.6 Å². The first-order valence-electron chi connectivity index (χ1n) is 22.6. The van der Waals surface area contributed by atoms with Gasteiger partial charge in [-0.25, -0.2) is 9.18 Å². The van der Waals surface area contributed by atoms with Gasteiger partial charge in [-0.3, -0.25) is 4.90 Å². The number of amides is 1. The number of ether oxygens (including phenoxy) is 5. The molecule has 1 saturated carbocycles. The minimum atomic E-state index is -1.43. The van der Waals surface area contributed by atoms with E-state index < -0.39 is 30.1 Å². The van der Waals surface area contributed by atoms with E-state index in [-0.39, 0.29) is 63.0 Å². The number of rotatable bonds is 21. The van der Waals surface area contributed by atoms with Crippen molar-refractivity contribution in [3.8, 4) is 11.5 Å². The second kappa shape index (κ2) is 22.0. The van der Waals surface area contributed by atoms with Crippen LogP contribution in [0.3, 0.4) is 0 Å². The summed E-state index contributed by atoms with van der Waals surface area (Å²) >= 11 is 0. The molecule has 0 radical (unpaired) electrons. The first-order chi connectivity index (χ1) is 30.4. The molecule has 11 nitrogen and oxygen atoms in total. The number of aliphatic hydroxyl groups excluding tert-OH is 2. The van der Waals surface area contributed by atoms with Crippen molar-refractivity contribution in [1.29, 1.82) is 0 Å². The molecule has 7 atom stereocenters. The normalized spacial score (nSPS) is 25.7. The molecule has 0 spiro atoms. The predicted molar refractivity (Wildman–Crippen MR) is 234 cm³/mol. The number of unbranched alkanes of at least 4 members (excludes halogenated alkanes) is 2. The lowest BCUT2D eigenvalue weighted by Crippen LogP contribution is -2.70. The van der Waals surface area contributed by atoms with E-state index in [4.69, 9.17) is 33.7 Å². The molecule has 1 saturated heterocycles. The fraction of sp³-hybridized carbons (Fsp3) is 0.520. The van der Waals surface area contributed by atoms with Crippen LogP contribution < -0.4 is 9.47 Å². The lowest BCUT2D eigenvalue weighted by atomic mass is 9.55. The summed E-state index contributed by atoms with van der Waals surface area (Å²) in [5.74, 6) is -1.28. The van der Waals surface area contributed by atoms with Gasteiger partial charge in [-0.2, -0.15) is 0 Å². The third-order valence-corrected chi connectivity index (χ3v) is 12.7. The van der Waals surface area contributed by atoms with Crippen LogP contribution in [0.25, 0.3) is 0 Å². The third-order valence-electron chi connectivity index (χ3n) is 12.7. The third kappa shape index (κ3) is 10.4. The molecule has 1 amide bonds. The SMILES string of the molecule is C=CCO[C@@]12Oc3ccc(OCc4ccccc4F)cc3[C@H]3[C@H](CCCCO)[C@@H](CCCCO)C=C(C(=NOC4CCCCO4)C[C@@H]1N(CCC)C(=O)OCc1ccccc1)[C@H]32. The zero-order valence-corrected chi connectivity index (χ0v) is 36.0. The van der Waals surface area contributed by atoms with Gasteiger partial charge in [0.2, 0.25) is 12.1 Å². The van der Waals surface area contributed by atoms with Gasteiger partial charge in [-0.05, 0) is 92.2 Å². The molecule has 12 heteroatoms. The van der Waals surface area contributed by atoms with Crippen LogP contribution in [-0.2, 0) is 32.3 Å². The highest BCUT2D eigenvalue weighted by atomic mass is 19.1. The van der Waals surface area contributed by atoms with E-state index in [9.17, 15) is 19.4 Å². The standard InChI is InChI=1S/C50H63FN2O9/c1-3-25-53(49(56)59-33-35-16-6-5-7-17-35)45-32-43(52-62-46-22-12-15-29-57-46)40-30-36(18-10-13-26-54)39(20-11-14-27-55)47-41-31-38(58-34-37-19-8-9-21-42(37)51)23-24-44(41)61-50(45,48(40)47)60-28-4-2/h4-9,16-17,19,21,23-24,30-31,36,39,45-48,54-55H,2-3,10-15,18,20,22,25-29,32-34H2,1H3/t36-,39+,45-,46?,47+,48+,50+/m0/s1. The fourth-order valence-electron chi connectivity index (χ4n) is 9.85. The lowest BCUT2D eigenvalue weighted by molar-refractivity contribution is -0.255. The molecule has 7 rings (SSSR count). The van der Waals surface area contributed by atoms with Gasteiger partial charge < -0.3 is 38.7 Å². The number of aliphatic hydroxyl groups is 2. The quantitative estimate of drug-likeness (QED) is 0.0612. The Balaban J connectivity index is 1.39. The minimum absolute atomic E-state index is 0.0254. The van der Waals surface area contributed by atoms with Crippen LogP contribution in [0.1, 0.15) is 100 Å². The number of benzene rings is 3. The molecule has 0 bridgehead atoms. The van der Waals surface area contributed by atoms with Crippen LogP contribution >= 0.6 is 0 Å². The van der Waals surface area contributed by atoms with E-state index in [1.807, 2.05) is 55.5 Å². The number of allylic oxidation sites excluding steroid dienone is 1. The van der Waals surface area contributed by atoms with E-state index >= 15 is 0 Å². The van der Waals surface area contributed by atoms with Crippen molar-refractivity contribution in [2.24, 2.45) is 22.9 Å². The van der Waals surface area contributed by atoms with Crippen molar-refractivity contribution in [2.75, 3.05) is 33.0 Å². The van der Waals surface area contributed by atoms with Crippen LogP contribution in [0.5, 0.6) is 11.5 Å². The maximum Gasteiger partial charge on any atom is 0.410 e. The molecule has 334 valence electrons. The van der Waals surface area contributed by atoms with Crippen molar-refractivity contribution in [1.82, 2.24) is 4.90 Å². The molecule has 2 fully saturated rings. The second-order valence-corrected chi connectivity index (χ2v) is 16.8. The number of hydrogen-bond acceptors (Lipinski definition) is 10. The molecule has 3 aromatic carbocycles. The van der Waals surface area contributed by atoms with Crippen molar-refractivity contribution >= 4 is 11.8 Å².